The molecular formula is C9H7FN2S2. The van der Waals surface area contributed by atoms with E-state index in [-0.39, 0.29) is 5.82 Å². The molecule has 0 bridgehead atoms. The van der Waals surface area contributed by atoms with Gasteiger partial charge in [-0.05, 0) is 41.4 Å². The molecule has 0 fully saturated rings. The van der Waals surface area contributed by atoms with Gasteiger partial charge in [0.15, 0.2) is 3.95 Å². The summed E-state index contributed by atoms with van der Waals surface area (Å²) in [6.45, 7) is 0. The smallest absolute Gasteiger partial charge is 0.198 e. The number of aromatic amines is 1. The van der Waals surface area contributed by atoms with Gasteiger partial charge in [-0.25, -0.2) is 9.37 Å². The van der Waals surface area contributed by atoms with E-state index < -0.39 is 0 Å². The van der Waals surface area contributed by atoms with Crippen molar-refractivity contribution in [3.8, 4) is 0 Å². The quantitative estimate of drug-likeness (QED) is 0.798. The van der Waals surface area contributed by atoms with E-state index in [4.69, 9.17) is 12.2 Å². The molecule has 0 unspecified atom stereocenters. The van der Waals surface area contributed by atoms with Crippen LogP contribution < -0.4 is 0 Å². The van der Waals surface area contributed by atoms with Crippen LogP contribution in [0.25, 0.3) is 0 Å². The lowest BCUT2D eigenvalue weighted by Crippen LogP contribution is -1.90. The Bertz CT molecular complexity index is 472. The Balaban J connectivity index is 2.19. The maximum Gasteiger partial charge on any atom is 0.198 e. The molecule has 1 heterocycles. The molecule has 0 aliphatic carbocycles. The number of nitrogens with zero attached hydrogens (tertiary/aromatic N) is 1. The molecule has 0 saturated carbocycles. The topological polar surface area (TPSA) is 28.7 Å². The Morgan fingerprint density at radius 1 is 1.36 bits per heavy atom. The molecule has 2 aromatic rings. The van der Waals surface area contributed by atoms with E-state index in [9.17, 15) is 4.39 Å². The second-order valence-electron chi connectivity index (χ2n) is 2.83. The molecule has 1 N–H and O–H groups in total. The van der Waals surface area contributed by atoms with Crippen molar-refractivity contribution in [2.45, 2.75) is 6.42 Å². The summed E-state index contributed by atoms with van der Waals surface area (Å²) in [5.41, 5.74) is 1.02. The van der Waals surface area contributed by atoms with Crippen LogP contribution >= 0.6 is 23.8 Å². The van der Waals surface area contributed by atoms with Gasteiger partial charge in [0.1, 0.15) is 11.6 Å². The molecule has 1 aromatic heterocycles. The van der Waals surface area contributed by atoms with Crippen LogP contribution in [0.1, 0.15) is 11.4 Å². The van der Waals surface area contributed by atoms with Gasteiger partial charge in [-0.3, -0.25) is 4.37 Å². The summed E-state index contributed by atoms with van der Waals surface area (Å²) in [4.78, 5) is 4.11. The van der Waals surface area contributed by atoms with E-state index in [1.807, 2.05) is 0 Å². The Morgan fingerprint density at radius 2 is 2.07 bits per heavy atom. The molecule has 72 valence electrons. The second-order valence-corrected chi connectivity index (χ2v) is 4.27. The van der Waals surface area contributed by atoms with Crippen molar-refractivity contribution in [1.82, 2.24) is 9.36 Å². The number of aromatic nitrogens is 2. The lowest BCUT2D eigenvalue weighted by atomic mass is 10.1. The highest BCUT2D eigenvalue weighted by Crippen LogP contribution is 2.08. The zero-order valence-electron chi connectivity index (χ0n) is 7.16. The van der Waals surface area contributed by atoms with Crippen molar-refractivity contribution < 1.29 is 4.39 Å². The molecule has 0 saturated heterocycles. The molecule has 14 heavy (non-hydrogen) atoms. The van der Waals surface area contributed by atoms with Gasteiger partial charge in [-0.15, -0.1) is 0 Å². The predicted molar refractivity (Wildman–Crippen MR) is 56.5 cm³/mol. The molecule has 0 spiro atoms. The maximum atomic E-state index is 12.6. The Labute approximate surface area is 89.6 Å². The van der Waals surface area contributed by atoms with E-state index in [0.29, 0.717) is 10.4 Å². The normalized spacial score (nSPS) is 10.4. The van der Waals surface area contributed by atoms with Crippen LogP contribution in [0.4, 0.5) is 4.39 Å². The lowest BCUT2D eigenvalue weighted by molar-refractivity contribution is 0.627. The number of halogens is 1. The maximum absolute atomic E-state index is 12.6. The van der Waals surface area contributed by atoms with E-state index >= 15 is 0 Å². The highest BCUT2D eigenvalue weighted by atomic mass is 32.2. The third kappa shape index (κ3) is 2.24. The molecule has 2 rings (SSSR count). The summed E-state index contributed by atoms with van der Waals surface area (Å²) in [6, 6.07) is 6.36. The van der Waals surface area contributed by atoms with Gasteiger partial charge >= 0.3 is 0 Å². The third-order valence-electron chi connectivity index (χ3n) is 1.77. The van der Waals surface area contributed by atoms with E-state index in [0.717, 1.165) is 11.4 Å². The molecule has 0 radical (unpaired) electrons. The van der Waals surface area contributed by atoms with Crippen LogP contribution in [-0.4, -0.2) is 9.36 Å². The van der Waals surface area contributed by atoms with Crippen molar-refractivity contribution >= 4 is 23.8 Å². The number of hydrogen-bond donors (Lipinski definition) is 1. The summed E-state index contributed by atoms with van der Waals surface area (Å²) < 4.78 is 16.2. The average Bonchev–Trinajstić information content (AvgIpc) is 2.56. The first kappa shape index (κ1) is 9.48. The molecule has 0 aliphatic heterocycles. The van der Waals surface area contributed by atoms with Gasteiger partial charge in [-0.1, -0.05) is 12.1 Å². The first-order chi connectivity index (χ1) is 6.74. The Morgan fingerprint density at radius 3 is 2.64 bits per heavy atom. The molecule has 0 atom stereocenters. The standard InChI is InChI=1S/C9H7FN2S2/c10-7-3-1-6(2-4-7)5-8-11-9(13)14-12-8/h1-4H,5H2,(H,11,12,13). The van der Waals surface area contributed by atoms with Crippen molar-refractivity contribution in [2.24, 2.45) is 0 Å². The highest BCUT2D eigenvalue weighted by Gasteiger charge is 1.99. The lowest BCUT2D eigenvalue weighted by Gasteiger charge is -1.96. The summed E-state index contributed by atoms with van der Waals surface area (Å²) in [5.74, 6) is 0.603. The van der Waals surface area contributed by atoms with E-state index in [2.05, 4.69) is 9.36 Å². The average molecular weight is 226 g/mol. The molecule has 0 amide bonds. The number of benzene rings is 1. The fourth-order valence-electron chi connectivity index (χ4n) is 1.13. The van der Waals surface area contributed by atoms with Crippen LogP contribution in [0.2, 0.25) is 0 Å². The first-order valence-corrected chi connectivity index (χ1v) is 5.25. The van der Waals surface area contributed by atoms with Crippen molar-refractivity contribution in [3.05, 3.63) is 45.4 Å². The van der Waals surface area contributed by atoms with Gasteiger partial charge < -0.3 is 0 Å². The number of hydrogen-bond acceptors (Lipinski definition) is 3. The van der Waals surface area contributed by atoms with Gasteiger partial charge in [0.05, 0.1) is 0 Å². The largest absolute Gasteiger partial charge is 0.296 e. The number of H-pyrrole nitrogens is 1. The van der Waals surface area contributed by atoms with Crippen LogP contribution in [0, 0.1) is 9.77 Å². The number of nitrogens with one attached hydrogen (secondary N) is 1. The Hall–Kier alpha value is -1.07. The van der Waals surface area contributed by atoms with Crippen molar-refractivity contribution in [3.63, 3.8) is 0 Å². The van der Waals surface area contributed by atoms with Crippen LogP contribution in [0.5, 0.6) is 0 Å². The molecule has 2 nitrogen and oxygen atoms in total. The molecular weight excluding hydrogens is 219 g/mol. The second kappa shape index (κ2) is 3.98. The zero-order chi connectivity index (χ0) is 9.97. The fourth-order valence-corrected chi connectivity index (χ4v) is 1.84. The minimum absolute atomic E-state index is 0.222. The fraction of sp³-hybridized carbons (Fsp3) is 0.111. The summed E-state index contributed by atoms with van der Waals surface area (Å²) in [5, 5.41) is 0. The van der Waals surface area contributed by atoms with Crippen LogP contribution in [-0.2, 0) is 6.42 Å². The Kier molecular flexibility index (Phi) is 2.69. The van der Waals surface area contributed by atoms with Crippen LogP contribution in [0.15, 0.2) is 24.3 Å². The zero-order valence-corrected chi connectivity index (χ0v) is 8.79. The first-order valence-electron chi connectivity index (χ1n) is 4.03. The summed E-state index contributed by atoms with van der Waals surface area (Å²) >= 11 is 6.22. The number of rotatable bonds is 2. The molecule has 0 aliphatic rings. The minimum Gasteiger partial charge on any atom is -0.296 e. The third-order valence-corrected chi connectivity index (χ3v) is 2.71. The van der Waals surface area contributed by atoms with E-state index in [1.54, 1.807) is 12.1 Å². The van der Waals surface area contributed by atoms with Gasteiger partial charge in [0.2, 0.25) is 0 Å². The summed E-state index contributed by atoms with van der Waals surface area (Å²) in [7, 11) is 0. The SMILES string of the molecule is Fc1ccc(Cc2nc(=S)s[nH]2)cc1. The highest BCUT2D eigenvalue weighted by molar-refractivity contribution is 7.73. The van der Waals surface area contributed by atoms with Crippen molar-refractivity contribution in [1.29, 1.82) is 0 Å². The van der Waals surface area contributed by atoms with Crippen LogP contribution in [0.3, 0.4) is 0 Å². The summed E-state index contributed by atoms with van der Waals surface area (Å²) in [6.07, 6.45) is 0.660. The molecule has 1 aromatic carbocycles. The molecule has 5 heteroatoms. The van der Waals surface area contributed by atoms with Gasteiger partial charge in [-0.2, -0.15) is 0 Å². The van der Waals surface area contributed by atoms with E-state index in [1.165, 1.54) is 23.7 Å². The minimum atomic E-state index is -0.222. The van der Waals surface area contributed by atoms with Gasteiger partial charge in [0, 0.05) is 6.42 Å². The van der Waals surface area contributed by atoms with Crippen molar-refractivity contribution in [2.75, 3.05) is 0 Å². The monoisotopic (exact) mass is 226 g/mol. The van der Waals surface area contributed by atoms with Gasteiger partial charge in [0.25, 0.3) is 0 Å². The predicted octanol–water partition coefficient (Wildman–Crippen LogP) is 2.93.